The number of halogens is 2. The molecule has 4 heteroatoms. The molecule has 0 bridgehead atoms. The molecule has 0 saturated heterocycles. The molecule has 0 amide bonds. The van der Waals surface area contributed by atoms with Crippen molar-refractivity contribution < 1.29 is 4.79 Å². The smallest absolute Gasteiger partial charge is 0.178 e. The topological polar surface area (TPSA) is 20.3 Å². The Morgan fingerprint density at radius 3 is 2.39 bits per heavy atom. The summed E-state index contributed by atoms with van der Waals surface area (Å²) in [7, 11) is 1.94. The van der Waals surface area contributed by atoms with Gasteiger partial charge < -0.3 is 0 Å². The molecular formula is C14H19Cl2NO. The van der Waals surface area contributed by atoms with E-state index in [-0.39, 0.29) is 11.2 Å². The van der Waals surface area contributed by atoms with Crippen LogP contribution in [-0.2, 0) is 0 Å². The summed E-state index contributed by atoms with van der Waals surface area (Å²) in [5, 5.41) is 0.955. The summed E-state index contributed by atoms with van der Waals surface area (Å²) in [5.41, 5.74) is 0.695. The van der Waals surface area contributed by atoms with Crippen LogP contribution in [0.2, 0.25) is 10.0 Å². The van der Waals surface area contributed by atoms with E-state index in [9.17, 15) is 4.79 Å². The van der Waals surface area contributed by atoms with E-state index in [1.807, 2.05) is 11.9 Å². The Hall–Kier alpha value is -0.570. The third-order valence-electron chi connectivity index (χ3n) is 2.39. The Morgan fingerprint density at radius 2 is 1.89 bits per heavy atom. The Balaban J connectivity index is 2.71. The molecule has 0 aliphatic rings. The summed E-state index contributed by atoms with van der Waals surface area (Å²) >= 11 is 11.8. The molecule has 0 radical (unpaired) electrons. The van der Waals surface area contributed by atoms with Gasteiger partial charge in [0.2, 0.25) is 0 Å². The number of carbonyl (C=O) groups excluding carboxylic acids is 1. The van der Waals surface area contributed by atoms with Gasteiger partial charge in [0, 0.05) is 17.1 Å². The van der Waals surface area contributed by atoms with E-state index in [0.29, 0.717) is 22.2 Å². The van der Waals surface area contributed by atoms with Crippen LogP contribution in [0, 0.1) is 5.41 Å². The molecule has 1 rings (SSSR count). The molecule has 1 aromatic carbocycles. The first kappa shape index (κ1) is 15.5. The van der Waals surface area contributed by atoms with Crippen LogP contribution in [0.1, 0.15) is 31.1 Å². The third kappa shape index (κ3) is 4.97. The summed E-state index contributed by atoms with van der Waals surface area (Å²) in [6, 6.07) is 4.96. The van der Waals surface area contributed by atoms with Crippen molar-refractivity contribution in [1.29, 1.82) is 0 Å². The third-order valence-corrected chi connectivity index (χ3v) is 2.94. The van der Waals surface area contributed by atoms with Gasteiger partial charge in [-0.1, -0.05) is 44.0 Å². The van der Waals surface area contributed by atoms with Crippen molar-refractivity contribution in [2.24, 2.45) is 5.41 Å². The van der Waals surface area contributed by atoms with Gasteiger partial charge in [-0.3, -0.25) is 9.69 Å². The molecule has 0 atom stereocenters. The Labute approximate surface area is 119 Å². The quantitative estimate of drug-likeness (QED) is 0.776. The molecule has 100 valence electrons. The van der Waals surface area contributed by atoms with Crippen molar-refractivity contribution in [2.45, 2.75) is 20.8 Å². The van der Waals surface area contributed by atoms with E-state index in [4.69, 9.17) is 23.2 Å². The van der Waals surface area contributed by atoms with Gasteiger partial charge in [0.1, 0.15) is 0 Å². The fraction of sp³-hybridized carbons (Fsp3) is 0.500. The molecule has 0 aromatic heterocycles. The zero-order valence-electron chi connectivity index (χ0n) is 11.3. The highest BCUT2D eigenvalue weighted by molar-refractivity contribution is 6.36. The zero-order valence-corrected chi connectivity index (χ0v) is 12.8. The number of hydrogen-bond acceptors (Lipinski definition) is 2. The number of benzene rings is 1. The van der Waals surface area contributed by atoms with Crippen LogP contribution in [0.4, 0.5) is 0 Å². The van der Waals surface area contributed by atoms with Crippen LogP contribution in [0.5, 0.6) is 0 Å². The highest BCUT2D eigenvalue weighted by Crippen LogP contribution is 2.22. The second kappa shape index (κ2) is 6.05. The van der Waals surface area contributed by atoms with E-state index in [1.54, 1.807) is 18.2 Å². The summed E-state index contributed by atoms with van der Waals surface area (Å²) in [6.07, 6.45) is 0. The van der Waals surface area contributed by atoms with Crippen LogP contribution < -0.4 is 0 Å². The van der Waals surface area contributed by atoms with Crippen LogP contribution >= 0.6 is 23.2 Å². The van der Waals surface area contributed by atoms with Crippen LogP contribution in [0.3, 0.4) is 0 Å². The van der Waals surface area contributed by atoms with Gasteiger partial charge in [-0.2, -0.15) is 0 Å². The standard InChI is InChI=1S/C14H19Cl2NO/c1-14(2,3)9-17(4)8-13(18)11-6-5-10(15)7-12(11)16/h5-7H,8-9H2,1-4H3. The molecule has 0 heterocycles. The lowest BCUT2D eigenvalue weighted by atomic mass is 9.96. The molecule has 18 heavy (non-hydrogen) atoms. The van der Waals surface area contributed by atoms with Crippen molar-refractivity contribution in [3.05, 3.63) is 33.8 Å². The van der Waals surface area contributed by atoms with Gasteiger partial charge in [-0.25, -0.2) is 0 Å². The maximum absolute atomic E-state index is 12.1. The van der Waals surface area contributed by atoms with Gasteiger partial charge in [0.25, 0.3) is 0 Å². The SMILES string of the molecule is CN(CC(=O)c1ccc(Cl)cc1Cl)CC(C)(C)C. The number of Topliss-reactive ketones (excluding diaryl/α,β-unsaturated/α-hetero) is 1. The lowest BCUT2D eigenvalue weighted by molar-refractivity contribution is 0.0927. The fourth-order valence-corrected chi connectivity index (χ4v) is 2.43. The molecule has 1 aromatic rings. The lowest BCUT2D eigenvalue weighted by Gasteiger charge is -2.26. The fourth-order valence-electron chi connectivity index (χ4n) is 1.91. The van der Waals surface area contributed by atoms with Crippen molar-refractivity contribution in [3.8, 4) is 0 Å². The first-order valence-corrected chi connectivity index (χ1v) is 6.61. The minimum Gasteiger partial charge on any atom is -0.298 e. The maximum atomic E-state index is 12.1. The molecule has 0 aliphatic heterocycles. The number of nitrogens with zero attached hydrogens (tertiary/aromatic N) is 1. The average molecular weight is 288 g/mol. The monoisotopic (exact) mass is 287 g/mol. The summed E-state index contributed by atoms with van der Waals surface area (Å²) in [6.45, 7) is 7.64. The van der Waals surface area contributed by atoms with E-state index < -0.39 is 0 Å². The number of ketones is 1. The van der Waals surface area contributed by atoms with Crippen LogP contribution in [0.15, 0.2) is 18.2 Å². The van der Waals surface area contributed by atoms with Crippen molar-refractivity contribution in [2.75, 3.05) is 20.1 Å². The molecule has 2 nitrogen and oxygen atoms in total. The summed E-state index contributed by atoms with van der Waals surface area (Å²) in [4.78, 5) is 14.1. The molecule has 0 spiro atoms. The largest absolute Gasteiger partial charge is 0.298 e. The first-order chi connectivity index (χ1) is 8.19. The highest BCUT2D eigenvalue weighted by atomic mass is 35.5. The van der Waals surface area contributed by atoms with Gasteiger partial charge >= 0.3 is 0 Å². The number of hydrogen-bond donors (Lipinski definition) is 0. The Bertz CT molecular complexity index is 438. The van der Waals surface area contributed by atoms with Crippen LogP contribution in [0.25, 0.3) is 0 Å². The number of likely N-dealkylation sites (N-methyl/N-ethyl adjacent to an activating group) is 1. The van der Waals surface area contributed by atoms with Gasteiger partial charge in [0.05, 0.1) is 11.6 Å². The Kier molecular flexibility index (Phi) is 5.20. The van der Waals surface area contributed by atoms with E-state index in [1.165, 1.54) is 0 Å². The number of carbonyl (C=O) groups is 1. The second-order valence-corrected chi connectivity index (χ2v) is 6.62. The summed E-state index contributed by atoms with van der Waals surface area (Å²) < 4.78 is 0. The predicted octanol–water partition coefficient (Wildman–Crippen LogP) is 4.15. The molecule has 0 N–H and O–H groups in total. The zero-order chi connectivity index (χ0) is 13.9. The van der Waals surface area contributed by atoms with E-state index in [0.717, 1.165) is 6.54 Å². The van der Waals surface area contributed by atoms with Crippen molar-refractivity contribution >= 4 is 29.0 Å². The summed E-state index contributed by atoms with van der Waals surface area (Å²) in [5.74, 6) is 0.0171. The second-order valence-electron chi connectivity index (χ2n) is 5.78. The van der Waals surface area contributed by atoms with Crippen molar-refractivity contribution in [3.63, 3.8) is 0 Å². The molecule has 0 aliphatic carbocycles. The first-order valence-electron chi connectivity index (χ1n) is 5.86. The maximum Gasteiger partial charge on any atom is 0.178 e. The average Bonchev–Trinajstić information content (AvgIpc) is 2.13. The molecule has 0 unspecified atom stereocenters. The van der Waals surface area contributed by atoms with E-state index in [2.05, 4.69) is 20.8 Å². The van der Waals surface area contributed by atoms with Crippen molar-refractivity contribution in [1.82, 2.24) is 4.90 Å². The lowest BCUT2D eigenvalue weighted by Crippen LogP contribution is -2.33. The minimum atomic E-state index is 0.0171. The molecule has 0 fully saturated rings. The van der Waals surface area contributed by atoms with Gasteiger partial charge in [0.15, 0.2) is 5.78 Å². The Morgan fingerprint density at radius 1 is 1.28 bits per heavy atom. The van der Waals surface area contributed by atoms with E-state index >= 15 is 0 Å². The molecular weight excluding hydrogens is 269 g/mol. The normalized spacial score (nSPS) is 11.9. The number of rotatable bonds is 4. The van der Waals surface area contributed by atoms with Crippen LogP contribution in [-0.4, -0.2) is 30.8 Å². The molecule has 0 saturated carbocycles. The minimum absolute atomic E-state index is 0.0171. The highest BCUT2D eigenvalue weighted by Gasteiger charge is 2.17. The predicted molar refractivity (Wildman–Crippen MR) is 77.7 cm³/mol. The van der Waals surface area contributed by atoms with Gasteiger partial charge in [-0.05, 0) is 30.7 Å². The van der Waals surface area contributed by atoms with Gasteiger partial charge in [-0.15, -0.1) is 0 Å².